The quantitative estimate of drug-likeness (QED) is 0.606. The van der Waals surface area contributed by atoms with Crippen LogP contribution in [0.2, 0.25) is 5.02 Å². The first kappa shape index (κ1) is 15.4. The molecule has 3 aromatic heterocycles. The van der Waals surface area contributed by atoms with E-state index in [9.17, 15) is 9.59 Å². The number of imidazole rings is 1. The van der Waals surface area contributed by atoms with E-state index in [4.69, 9.17) is 16.0 Å². The molecule has 1 aromatic carbocycles. The third-order valence-electron chi connectivity index (χ3n) is 3.76. The van der Waals surface area contributed by atoms with Gasteiger partial charge < -0.3 is 13.6 Å². The maximum Gasteiger partial charge on any atom is 0.302 e. The topological polar surface area (TPSA) is 95.0 Å². The highest BCUT2D eigenvalue weighted by atomic mass is 35.5. The second-order valence-corrected chi connectivity index (χ2v) is 5.95. The minimum atomic E-state index is -0.386. The van der Waals surface area contributed by atoms with Gasteiger partial charge in [0.1, 0.15) is 17.6 Å². The summed E-state index contributed by atoms with van der Waals surface area (Å²) < 4.78 is 8.38. The lowest BCUT2D eigenvalue weighted by molar-refractivity contribution is -0.116. The molecule has 3 heterocycles. The van der Waals surface area contributed by atoms with Crippen molar-refractivity contribution in [2.75, 3.05) is 5.32 Å². The number of amides is 1. The van der Waals surface area contributed by atoms with Gasteiger partial charge in [-0.2, -0.15) is 4.98 Å². The van der Waals surface area contributed by atoms with E-state index >= 15 is 0 Å². The van der Waals surface area contributed by atoms with Crippen LogP contribution in [0.4, 0.5) is 6.01 Å². The van der Waals surface area contributed by atoms with E-state index in [-0.39, 0.29) is 24.0 Å². The number of pyridine rings is 1. The van der Waals surface area contributed by atoms with E-state index < -0.39 is 0 Å². The second-order valence-electron chi connectivity index (χ2n) is 5.52. The Labute approximate surface area is 145 Å². The Kier molecular flexibility index (Phi) is 3.54. The molecule has 0 spiro atoms. The van der Waals surface area contributed by atoms with Gasteiger partial charge in [-0.25, -0.2) is 4.98 Å². The van der Waals surface area contributed by atoms with Crippen LogP contribution >= 0.6 is 11.6 Å². The summed E-state index contributed by atoms with van der Waals surface area (Å²) in [6.07, 6.45) is 3.09. The summed E-state index contributed by atoms with van der Waals surface area (Å²) in [7, 11) is 1.64. The minimum Gasteiger partial charge on any atom is -0.423 e. The van der Waals surface area contributed by atoms with Crippen molar-refractivity contribution in [2.24, 2.45) is 7.05 Å². The van der Waals surface area contributed by atoms with Gasteiger partial charge in [0, 0.05) is 24.3 Å². The monoisotopic (exact) mass is 357 g/mol. The third-order valence-corrected chi connectivity index (χ3v) is 3.99. The lowest BCUT2D eigenvalue weighted by atomic mass is 10.3. The Morgan fingerprint density at radius 1 is 1.32 bits per heavy atom. The van der Waals surface area contributed by atoms with Crippen molar-refractivity contribution >= 4 is 45.7 Å². The molecule has 0 aliphatic carbocycles. The zero-order chi connectivity index (χ0) is 17.6. The van der Waals surface area contributed by atoms with Crippen molar-refractivity contribution < 1.29 is 9.21 Å². The molecule has 4 aromatic rings. The van der Waals surface area contributed by atoms with Crippen LogP contribution in [0.15, 0.2) is 46.0 Å². The number of benzene rings is 1. The summed E-state index contributed by atoms with van der Waals surface area (Å²) in [6.45, 7) is -0.0881. The molecular weight excluding hydrogens is 346 g/mol. The van der Waals surface area contributed by atoms with Crippen LogP contribution in [0.3, 0.4) is 0 Å². The largest absolute Gasteiger partial charge is 0.423 e. The number of nitrogens with one attached hydrogen (secondary N) is 1. The summed E-state index contributed by atoms with van der Waals surface area (Å²) >= 11 is 5.89. The Bertz CT molecular complexity index is 1170. The highest BCUT2D eigenvalue weighted by Gasteiger charge is 2.14. The molecule has 0 bridgehead atoms. The summed E-state index contributed by atoms with van der Waals surface area (Å²) in [5, 5.41) is 3.09. The van der Waals surface area contributed by atoms with Crippen LogP contribution in [0.5, 0.6) is 0 Å². The molecule has 1 N–H and O–H groups in total. The summed E-state index contributed by atoms with van der Waals surface area (Å²) in [5.74, 6) is -0.386. The molecule has 0 unspecified atom stereocenters. The highest BCUT2D eigenvalue weighted by molar-refractivity contribution is 6.31. The molecule has 0 saturated carbocycles. The van der Waals surface area contributed by atoms with Crippen LogP contribution in [0.25, 0.3) is 22.1 Å². The first-order chi connectivity index (χ1) is 12.0. The van der Waals surface area contributed by atoms with Gasteiger partial charge in [0.15, 0.2) is 5.58 Å². The number of halogens is 1. The maximum absolute atomic E-state index is 12.3. The molecule has 9 heteroatoms. The number of aromatic nitrogens is 4. The van der Waals surface area contributed by atoms with Crippen molar-refractivity contribution in [2.45, 2.75) is 6.54 Å². The summed E-state index contributed by atoms with van der Waals surface area (Å²) in [5.41, 5.74) is 1.74. The first-order valence-corrected chi connectivity index (χ1v) is 7.75. The minimum absolute atomic E-state index is 0.0691. The number of nitrogens with zero attached hydrogens (tertiary/aromatic N) is 4. The Balaban J connectivity index is 1.59. The number of rotatable bonds is 3. The number of hydrogen-bond acceptors (Lipinski definition) is 5. The second kappa shape index (κ2) is 5.75. The molecule has 4 rings (SSSR count). The van der Waals surface area contributed by atoms with Crippen LogP contribution in [-0.2, 0) is 18.4 Å². The SMILES string of the molecule is Cn1ccc2ncn(CC(=O)Nc3nc4ccc(Cl)cc4o3)c2c1=O. The molecule has 0 aliphatic heterocycles. The number of hydrogen-bond donors (Lipinski definition) is 1. The van der Waals surface area contributed by atoms with Gasteiger partial charge >= 0.3 is 6.01 Å². The molecular formula is C16H12ClN5O3. The zero-order valence-electron chi connectivity index (χ0n) is 13.1. The fourth-order valence-corrected chi connectivity index (χ4v) is 2.72. The van der Waals surface area contributed by atoms with Gasteiger partial charge in [0.2, 0.25) is 5.91 Å². The molecule has 8 nitrogen and oxygen atoms in total. The average Bonchev–Trinajstić information content (AvgIpc) is 3.14. The van der Waals surface area contributed by atoms with Crippen LogP contribution < -0.4 is 10.9 Å². The van der Waals surface area contributed by atoms with Crippen LogP contribution in [0, 0.1) is 0 Å². The standard InChI is InChI=1S/C16H12ClN5O3/c1-21-5-4-11-14(15(21)24)22(8-18-11)7-13(23)20-16-19-10-3-2-9(17)6-12(10)25-16/h2-6,8H,7H2,1H3,(H,19,20,23). The predicted octanol–water partition coefficient (Wildman–Crippen LogP) is 2.17. The van der Waals surface area contributed by atoms with Crippen LogP contribution in [0.1, 0.15) is 0 Å². The van der Waals surface area contributed by atoms with Gasteiger partial charge in [0.25, 0.3) is 5.56 Å². The summed E-state index contributed by atoms with van der Waals surface area (Å²) in [4.78, 5) is 32.8. The van der Waals surface area contributed by atoms with E-state index in [0.29, 0.717) is 27.2 Å². The van der Waals surface area contributed by atoms with Gasteiger partial charge in [-0.1, -0.05) is 11.6 Å². The Morgan fingerprint density at radius 3 is 3.00 bits per heavy atom. The van der Waals surface area contributed by atoms with E-state index in [1.54, 1.807) is 37.5 Å². The lowest BCUT2D eigenvalue weighted by Gasteiger charge is -2.04. The fourth-order valence-electron chi connectivity index (χ4n) is 2.55. The van der Waals surface area contributed by atoms with E-state index in [1.165, 1.54) is 15.5 Å². The molecule has 0 fully saturated rings. The summed E-state index contributed by atoms with van der Waals surface area (Å²) in [6, 6.07) is 6.79. The van der Waals surface area contributed by atoms with E-state index in [2.05, 4.69) is 15.3 Å². The van der Waals surface area contributed by atoms with Crippen LogP contribution in [-0.4, -0.2) is 25.0 Å². The van der Waals surface area contributed by atoms with Crippen molar-refractivity contribution in [3.05, 3.63) is 52.2 Å². The van der Waals surface area contributed by atoms with Crippen molar-refractivity contribution in [3.63, 3.8) is 0 Å². The first-order valence-electron chi connectivity index (χ1n) is 7.38. The van der Waals surface area contributed by atoms with Crippen molar-refractivity contribution in [3.8, 4) is 0 Å². The smallest absolute Gasteiger partial charge is 0.302 e. The van der Waals surface area contributed by atoms with Gasteiger partial charge in [-0.3, -0.25) is 14.9 Å². The number of oxazole rings is 1. The van der Waals surface area contributed by atoms with Gasteiger partial charge in [-0.15, -0.1) is 0 Å². The molecule has 1 amide bonds. The molecule has 25 heavy (non-hydrogen) atoms. The fraction of sp³-hybridized carbons (Fsp3) is 0.125. The van der Waals surface area contributed by atoms with Crippen molar-refractivity contribution in [1.82, 2.24) is 19.1 Å². The molecule has 0 radical (unpaired) electrons. The van der Waals surface area contributed by atoms with E-state index in [0.717, 1.165) is 0 Å². The number of carbonyl (C=O) groups excluding carboxylic acids is 1. The Hall–Kier alpha value is -3.13. The molecule has 0 saturated heterocycles. The molecule has 0 aliphatic rings. The predicted molar refractivity (Wildman–Crippen MR) is 92.6 cm³/mol. The molecule has 126 valence electrons. The van der Waals surface area contributed by atoms with Crippen molar-refractivity contribution in [1.29, 1.82) is 0 Å². The van der Waals surface area contributed by atoms with Gasteiger partial charge in [0.05, 0.1) is 11.8 Å². The average molecular weight is 358 g/mol. The lowest BCUT2D eigenvalue weighted by Crippen LogP contribution is -2.23. The normalized spacial score (nSPS) is 11.3. The van der Waals surface area contributed by atoms with E-state index in [1.807, 2.05) is 0 Å². The third kappa shape index (κ3) is 2.76. The van der Waals surface area contributed by atoms with Gasteiger partial charge in [-0.05, 0) is 18.2 Å². The molecule has 0 atom stereocenters. The Morgan fingerprint density at radius 2 is 2.16 bits per heavy atom. The number of aryl methyl sites for hydroxylation is 1. The number of fused-ring (bicyclic) bond motifs is 2. The zero-order valence-corrected chi connectivity index (χ0v) is 13.8. The highest BCUT2D eigenvalue weighted by Crippen LogP contribution is 2.22. The maximum atomic E-state index is 12.3. The number of anilines is 1. The number of carbonyl (C=O) groups is 1.